The van der Waals surface area contributed by atoms with Gasteiger partial charge in [-0.25, -0.2) is 0 Å². The second-order valence-electron chi connectivity index (χ2n) is 7.71. The number of aromatic nitrogens is 1. The average Bonchev–Trinajstić information content (AvgIpc) is 2.76. The zero-order valence-corrected chi connectivity index (χ0v) is 20.0. The fourth-order valence-corrected chi connectivity index (χ4v) is 4.08. The predicted octanol–water partition coefficient (Wildman–Crippen LogP) is 7.17. The van der Waals surface area contributed by atoms with Crippen LogP contribution in [0.2, 0.25) is 0 Å². The Kier molecular flexibility index (Phi) is 5.44. The summed E-state index contributed by atoms with van der Waals surface area (Å²) in [5.41, 5.74) is 6.53. The van der Waals surface area contributed by atoms with Gasteiger partial charge in [0.25, 0.3) is 0 Å². The monoisotopic (exact) mass is 573 g/mol. The van der Waals surface area contributed by atoms with Crippen molar-refractivity contribution in [3.8, 4) is 28.3 Å². The van der Waals surface area contributed by atoms with E-state index in [1.54, 1.807) is 7.11 Å². The first-order chi connectivity index (χ1) is 15.3. The Morgan fingerprint density at radius 3 is 2.18 bits per heavy atom. The molecule has 1 aliphatic rings. The maximum absolute atomic E-state index is 11.2. The van der Waals surface area contributed by atoms with Crippen LogP contribution in [0.3, 0.4) is 0 Å². The van der Waals surface area contributed by atoms with Crippen LogP contribution in [0.4, 0.5) is 16.9 Å². The Hall–Kier alpha value is -2.73. The summed E-state index contributed by atoms with van der Waals surface area (Å²) in [7, 11) is 1.72. The molecule has 0 amide bonds. The van der Waals surface area contributed by atoms with Crippen LogP contribution in [-0.2, 0) is 13.0 Å². The van der Waals surface area contributed by atoms with Crippen molar-refractivity contribution < 1.29 is 26.2 Å². The molecule has 0 radical (unpaired) electrons. The number of nitrogens with zero attached hydrogens (tertiary/aromatic N) is 1. The van der Waals surface area contributed by atoms with Gasteiger partial charge in [-0.2, -0.15) is 4.57 Å². The van der Waals surface area contributed by atoms with Crippen LogP contribution in [0.15, 0.2) is 78.9 Å². The van der Waals surface area contributed by atoms with E-state index < -0.39 is 19.5 Å². The first kappa shape index (κ1) is 23.4. The number of pyridine rings is 1. The molecule has 174 valence electrons. The van der Waals surface area contributed by atoms with E-state index in [0.717, 1.165) is 18.7 Å². The molecule has 33 heavy (non-hydrogen) atoms. The van der Waals surface area contributed by atoms with Gasteiger partial charge in [-0.3, -0.25) is 0 Å². The molecule has 0 N–H and O–H groups in total. The van der Waals surface area contributed by atoms with Crippen LogP contribution in [0.1, 0.15) is 5.56 Å². The third-order valence-corrected chi connectivity index (χ3v) is 5.31. The number of methoxy groups -OCH3 is 1. The van der Waals surface area contributed by atoms with Crippen LogP contribution >= 0.6 is 0 Å². The Balaban J connectivity index is 0.000000325. The van der Waals surface area contributed by atoms with Crippen LogP contribution < -0.4 is 9.30 Å². The Morgan fingerprint density at radius 1 is 0.788 bits per heavy atom. The molecule has 0 fully saturated rings. The zero-order chi connectivity index (χ0) is 23.9. The third-order valence-electron chi connectivity index (χ3n) is 5.31. The predicted molar refractivity (Wildman–Crippen MR) is 118 cm³/mol. The Bertz CT molecular complexity index is 1340. The molecule has 1 aliphatic heterocycles. The van der Waals surface area contributed by atoms with Gasteiger partial charge in [-0.15, -0.1) is 0 Å². The van der Waals surface area contributed by atoms with Gasteiger partial charge in [0.1, 0.15) is 5.75 Å². The molecule has 0 aliphatic carbocycles. The van der Waals surface area contributed by atoms with Gasteiger partial charge in [-0.1, -0.05) is 42.5 Å². The van der Waals surface area contributed by atoms with Crippen LogP contribution in [0, 0.1) is 0 Å². The van der Waals surface area contributed by atoms with E-state index in [9.17, 15) is 16.9 Å². The third kappa shape index (κ3) is 5.99. The molecule has 4 aromatic rings. The van der Waals surface area contributed by atoms with E-state index in [1.807, 2.05) is 6.07 Å². The van der Waals surface area contributed by atoms with Gasteiger partial charge in [0.15, 0.2) is 6.54 Å². The number of rotatable bonds is 2. The topological polar surface area (TPSA) is 13.1 Å². The average molecular weight is 574 g/mol. The van der Waals surface area contributed by atoms with E-state index in [-0.39, 0.29) is 0 Å². The quantitative estimate of drug-likeness (QED) is 0.141. The van der Waals surface area contributed by atoms with Gasteiger partial charge < -0.3 is 4.74 Å². The molecular formula is C24H20F6NOSb. The van der Waals surface area contributed by atoms with Crippen molar-refractivity contribution in [3.05, 3.63) is 84.4 Å². The molecule has 2 nitrogen and oxygen atoms in total. The molecule has 3 aromatic carbocycles. The molecule has 0 atom stereocenters. The standard InChI is InChI=1S/C24H20NO.6FH.Sb/c1-26-20-10-6-9-19(15-20)23-16-18-8-3-5-12-22(18)24-21-11-4-2-7-17(21)13-14-25(23)24;;;;;;;/h2-12,15-16H,13-14H2,1H3;6*1H;/q+1;;;;;;;+5/p-6. The fraction of sp³-hybridized carbons (Fsp3) is 0.125. The molecule has 0 saturated carbocycles. The summed E-state index contributed by atoms with van der Waals surface area (Å²) < 4.78 is 67.5. The number of benzene rings is 3. The van der Waals surface area contributed by atoms with Crippen molar-refractivity contribution in [2.75, 3.05) is 7.11 Å². The van der Waals surface area contributed by atoms with Crippen molar-refractivity contribution >= 4 is 30.2 Å². The van der Waals surface area contributed by atoms with Gasteiger partial charge in [0, 0.05) is 18.1 Å². The van der Waals surface area contributed by atoms with Gasteiger partial charge in [0.2, 0.25) is 11.4 Å². The summed E-state index contributed by atoms with van der Waals surface area (Å²) in [4.78, 5) is 0. The number of hydrogen-bond donors (Lipinski definition) is 0. The van der Waals surface area contributed by atoms with Crippen molar-refractivity contribution in [1.29, 1.82) is 0 Å². The van der Waals surface area contributed by atoms with Crippen molar-refractivity contribution in [1.82, 2.24) is 0 Å². The number of fused-ring (bicyclic) bond motifs is 5. The molecular weight excluding hydrogens is 554 g/mol. The summed E-state index contributed by atoms with van der Waals surface area (Å²) in [6.45, 7) is 0.990. The van der Waals surface area contributed by atoms with Crippen LogP contribution in [0.25, 0.3) is 33.3 Å². The minimum absolute atomic E-state index is 0.890. The molecule has 1 aromatic heterocycles. The number of halogens is 6. The zero-order valence-electron chi connectivity index (χ0n) is 17.5. The minimum atomic E-state index is -11.2. The summed E-state index contributed by atoms with van der Waals surface area (Å²) in [6, 6.07) is 28.1. The van der Waals surface area contributed by atoms with E-state index in [4.69, 9.17) is 4.74 Å². The first-order valence-corrected chi connectivity index (χ1v) is 15.8. The Morgan fingerprint density at radius 2 is 1.45 bits per heavy atom. The van der Waals surface area contributed by atoms with Crippen LogP contribution in [-0.4, -0.2) is 26.6 Å². The van der Waals surface area contributed by atoms with Crippen molar-refractivity contribution in [3.63, 3.8) is 0 Å². The molecule has 9 heteroatoms. The molecule has 5 rings (SSSR count). The second kappa shape index (κ2) is 7.66. The SMILES string of the molecule is COc1cccc(-c2cc3ccccc3c3[n+]2CCc2ccccc2-3)c1.[F][Sb-]([F])([F])([F])([F])[F]. The fourth-order valence-electron chi connectivity index (χ4n) is 4.08. The van der Waals surface area contributed by atoms with Gasteiger partial charge in [0.05, 0.1) is 18.1 Å². The first-order valence-electron chi connectivity index (χ1n) is 10.0. The second-order valence-corrected chi connectivity index (χ2v) is 13.2. The number of hydrogen-bond acceptors (Lipinski definition) is 1. The normalized spacial score (nSPS) is 14.8. The molecule has 2 heterocycles. The van der Waals surface area contributed by atoms with Crippen LogP contribution in [0.5, 0.6) is 5.75 Å². The summed E-state index contributed by atoms with van der Waals surface area (Å²) >= 11 is -11.2. The van der Waals surface area contributed by atoms with E-state index in [1.165, 1.54) is 38.9 Å². The summed E-state index contributed by atoms with van der Waals surface area (Å²) in [5, 5.41) is 2.58. The molecule has 0 spiro atoms. The maximum atomic E-state index is 9.93. The van der Waals surface area contributed by atoms with Crippen molar-refractivity contribution in [2.24, 2.45) is 0 Å². The van der Waals surface area contributed by atoms with E-state index in [2.05, 4.69) is 77.4 Å². The van der Waals surface area contributed by atoms with Gasteiger partial charge >= 0.3 is 36.4 Å². The van der Waals surface area contributed by atoms with E-state index in [0.29, 0.717) is 0 Å². The van der Waals surface area contributed by atoms with E-state index >= 15 is 0 Å². The molecule has 0 saturated heterocycles. The summed E-state index contributed by atoms with van der Waals surface area (Å²) in [6.07, 6.45) is 1.06. The number of aryl methyl sites for hydroxylation is 1. The van der Waals surface area contributed by atoms with Gasteiger partial charge in [-0.05, 0) is 41.3 Å². The summed E-state index contributed by atoms with van der Waals surface area (Å²) in [5.74, 6) is 0.890. The van der Waals surface area contributed by atoms with Crippen molar-refractivity contribution in [2.45, 2.75) is 13.0 Å². The Labute approximate surface area is 189 Å². The molecule has 0 unspecified atom stereocenters. The molecule has 0 bridgehead atoms. The number of ether oxygens (including phenoxy) is 1.